The van der Waals surface area contributed by atoms with Gasteiger partial charge in [-0.2, -0.15) is 0 Å². The molecule has 0 spiro atoms. The number of hydrogen-bond acceptors (Lipinski definition) is 2. The van der Waals surface area contributed by atoms with Gasteiger partial charge in [-0.05, 0) is 30.0 Å². The quantitative estimate of drug-likeness (QED) is 0.801. The van der Waals surface area contributed by atoms with Gasteiger partial charge in [0.15, 0.2) is 0 Å². The Kier molecular flexibility index (Phi) is 5.37. The lowest BCUT2D eigenvalue weighted by atomic mass is 10.0. The fraction of sp³-hybridized carbons (Fsp3) is 0.600. The van der Waals surface area contributed by atoms with Crippen LogP contribution in [-0.4, -0.2) is 18.5 Å². The summed E-state index contributed by atoms with van der Waals surface area (Å²) >= 11 is 12.0. The Labute approximate surface area is 125 Å². The van der Waals surface area contributed by atoms with Crippen molar-refractivity contribution < 1.29 is 4.74 Å². The zero-order valence-corrected chi connectivity index (χ0v) is 13.0. The summed E-state index contributed by atoms with van der Waals surface area (Å²) in [6.07, 6.45) is 1.93. The van der Waals surface area contributed by atoms with Crippen molar-refractivity contribution in [3.63, 3.8) is 0 Å². The van der Waals surface area contributed by atoms with E-state index in [0.29, 0.717) is 17.8 Å². The summed E-state index contributed by atoms with van der Waals surface area (Å²) in [5.41, 5.74) is 2.38. The van der Waals surface area contributed by atoms with E-state index in [1.807, 2.05) is 12.1 Å². The van der Waals surface area contributed by atoms with Crippen molar-refractivity contribution in [3.8, 4) is 5.75 Å². The molecule has 0 bridgehead atoms. The molecular weight excluding hydrogens is 281 g/mol. The first-order valence-corrected chi connectivity index (χ1v) is 7.76. The van der Waals surface area contributed by atoms with Crippen molar-refractivity contribution in [3.05, 3.63) is 28.3 Å². The van der Waals surface area contributed by atoms with Crippen LogP contribution in [-0.2, 0) is 13.0 Å². The second-order valence-electron chi connectivity index (χ2n) is 5.36. The molecule has 1 heterocycles. The number of benzene rings is 1. The van der Waals surface area contributed by atoms with E-state index in [1.165, 1.54) is 5.56 Å². The zero-order chi connectivity index (χ0) is 13.8. The van der Waals surface area contributed by atoms with E-state index in [1.54, 1.807) is 0 Å². The average Bonchev–Trinajstić information content (AvgIpc) is 2.81. The van der Waals surface area contributed by atoms with Gasteiger partial charge in [0, 0.05) is 35.5 Å². The van der Waals surface area contributed by atoms with Gasteiger partial charge < -0.3 is 10.1 Å². The molecule has 1 aliphatic rings. The molecule has 2 rings (SSSR count). The summed E-state index contributed by atoms with van der Waals surface area (Å²) in [6, 6.07) is 4.43. The van der Waals surface area contributed by atoms with Crippen LogP contribution in [0, 0.1) is 5.92 Å². The molecule has 0 saturated carbocycles. The second kappa shape index (κ2) is 6.83. The van der Waals surface area contributed by atoms with Crippen LogP contribution in [0.1, 0.15) is 31.4 Å². The van der Waals surface area contributed by atoms with E-state index in [2.05, 4.69) is 19.2 Å². The molecule has 0 saturated heterocycles. The third-order valence-electron chi connectivity index (χ3n) is 3.60. The van der Waals surface area contributed by atoms with Gasteiger partial charge in [-0.1, -0.05) is 25.4 Å². The Bertz CT molecular complexity index is 434. The number of hydrogen-bond donors (Lipinski definition) is 1. The van der Waals surface area contributed by atoms with E-state index in [9.17, 15) is 0 Å². The molecule has 1 aromatic carbocycles. The molecule has 0 amide bonds. The molecule has 1 N–H and O–H groups in total. The van der Waals surface area contributed by atoms with E-state index in [4.69, 9.17) is 27.9 Å². The van der Waals surface area contributed by atoms with Crippen molar-refractivity contribution in [2.45, 2.75) is 39.3 Å². The molecule has 1 aliphatic heterocycles. The van der Waals surface area contributed by atoms with Gasteiger partial charge in [-0.15, -0.1) is 11.6 Å². The third-order valence-corrected chi connectivity index (χ3v) is 4.04. The minimum atomic E-state index is 0.425. The molecule has 0 radical (unpaired) electrons. The van der Waals surface area contributed by atoms with Gasteiger partial charge >= 0.3 is 0 Å². The predicted octanol–water partition coefficient (Wildman–Crippen LogP) is 4.02. The van der Waals surface area contributed by atoms with Crippen LogP contribution in [0.2, 0.25) is 5.02 Å². The first kappa shape index (κ1) is 15.0. The van der Waals surface area contributed by atoms with Crippen molar-refractivity contribution in [1.29, 1.82) is 0 Å². The fourth-order valence-corrected chi connectivity index (χ4v) is 3.01. The number of ether oxygens (including phenoxy) is 1. The molecule has 2 nitrogen and oxygen atoms in total. The standard InChI is InChI=1S/C15H21Cl2NO/c1-10(2)14(3-5-16)18-9-12-8-13(17)7-11-4-6-19-15(11)12/h7-8,10,14,18H,3-6,9H2,1-2H3. The van der Waals surface area contributed by atoms with Crippen LogP contribution in [0.25, 0.3) is 0 Å². The van der Waals surface area contributed by atoms with Crippen molar-refractivity contribution in [2.75, 3.05) is 12.5 Å². The lowest BCUT2D eigenvalue weighted by Gasteiger charge is -2.22. The van der Waals surface area contributed by atoms with Gasteiger partial charge in [0.2, 0.25) is 0 Å². The Morgan fingerprint density at radius 2 is 2.16 bits per heavy atom. The molecule has 0 aromatic heterocycles. The predicted molar refractivity (Wildman–Crippen MR) is 81.5 cm³/mol. The smallest absolute Gasteiger partial charge is 0.127 e. The lowest BCUT2D eigenvalue weighted by Crippen LogP contribution is -2.33. The third kappa shape index (κ3) is 3.77. The summed E-state index contributed by atoms with van der Waals surface area (Å²) < 4.78 is 5.71. The van der Waals surface area contributed by atoms with Gasteiger partial charge in [-0.3, -0.25) is 0 Å². The van der Waals surface area contributed by atoms with Crippen molar-refractivity contribution in [1.82, 2.24) is 5.32 Å². The zero-order valence-electron chi connectivity index (χ0n) is 11.5. The van der Waals surface area contributed by atoms with Crippen LogP contribution < -0.4 is 10.1 Å². The van der Waals surface area contributed by atoms with Crippen LogP contribution in [0.4, 0.5) is 0 Å². The molecule has 1 unspecified atom stereocenters. The first-order valence-electron chi connectivity index (χ1n) is 6.85. The topological polar surface area (TPSA) is 21.3 Å². The van der Waals surface area contributed by atoms with Crippen molar-refractivity contribution in [2.24, 2.45) is 5.92 Å². The summed E-state index contributed by atoms with van der Waals surface area (Å²) in [4.78, 5) is 0. The highest BCUT2D eigenvalue weighted by molar-refractivity contribution is 6.30. The number of fused-ring (bicyclic) bond motifs is 1. The summed E-state index contributed by atoms with van der Waals surface area (Å²) in [5, 5.41) is 4.36. The first-order chi connectivity index (χ1) is 9.11. The highest BCUT2D eigenvalue weighted by atomic mass is 35.5. The van der Waals surface area contributed by atoms with Crippen LogP contribution in [0.3, 0.4) is 0 Å². The largest absolute Gasteiger partial charge is 0.493 e. The summed E-state index contributed by atoms with van der Waals surface area (Å²) in [6.45, 7) is 5.97. The molecule has 0 fully saturated rings. The highest BCUT2D eigenvalue weighted by Gasteiger charge is 2.19. The molecule has 1 atom stereocenters. The van der Waals surface area contributed by atoms with Crippen molar-refractivity contribution >= 4 is 23.2 Å². The monoisotopic (exact) mass is 301 g/mol. The number of rotatable bonds is 6. The number of halogens is 2. The Morgan fingerprint density at radius 1 is 1.37 bits per heavy atom. The lowest BCUT2D eigenvalue weighted by molar-refractivity contribution is 0.346. The van der Waals surface area contributed by atoms with Gasteiger partial charge in [0.05, 0.1) is 6.61 Å². The Morgan fingerprint density at radius 3 is 2.84 bits per heavy atom. The second-order valence-corrected chi connectivity index (χ2v) is 6.18. The Balaban J connectivity index is 2.07. The van der Waals surface area contributed by atoms with E-state index in [0.717, 1.165) is 42.3 Å². The maximum atomic E-state index is 6.16. The normalized spacial score (nSPS) is 15.4. The number of nitrogens with one attached hydrogen (secondary N) is 1. The average molecular weight is 302 g/mol. The highest BCUT2D eigenvalue weighted by Crippen LogP contribution is 2.32. The van der Waals surface area contributed by atoms with Crippen LogP contribution >= 0.6 is 23.2 Å². The van der Waals surface area contributed by atoms with Crippen LogP contribution in [0.5, 0.6) is 5.75 Å². The van der Waals surface area contributed by atoms with E-state index in [-0.39, 0.29) is 0 Å². The maximum Gasteiger partial charge on any atom is 0.127 e. The SMILES string of the molecule is CC(C)C(CCCl)NCc1cc(Cl)cc2c1OCC2. The number of alkyl halides is 1. The van der Waals surface area contributed by atoms with Gasteiger partial charge in [0.25, 0.3) is 0 Å². The molecule has 19 heavy (non-hydrogen) atoms. The molecule has 4 heteroatoms. The minimum absolute atomic E-state index is 0.425. The maximum absolute atomic E-state index is 6.16. The summed E-state index contributed by atoms with van der Waals surface area (Å²) in [7, 11) is 0. The fourth-order valence-electron chi connectivity index (χ4n) is 2.51. The van der Waals surface area contributed by atoms with E-state index >= 15 is 0 Å². The molecule has 1 aromatic rings. The van der Waals surface area contributed by atoms with Gasteiger partial charge in [-0.25, -0.2) is 0 Å². The minimum Gasteiger partial charge on any atom is -0.493 e. The Hall–Kier alpha value is -0.440. The van der Waals surface area contributed by atoms with Crippen LogP contribution in [0.15, 0.2) is 12.1 Å². The molecule has 0 aliphatic carbocycles. The van der Waals surface area contributed by atoms with E-state index < -0.39 is 0 Å². The molecular formula is C15H21Cl2NO. The van der Waals surface area contributed by atoms with Gasteiger partial charge in [0.1, 0.15) is 5.75 Å². The summed E-state index contributed by atoms with van der Waals surface area (Å²) in [5.74, 6) is 2.26. The molecule has 106 valence electrons.